The van der Waals surface area contributed by atoms with Crippen LogP contribution >= 0.6 is 11.3 Å². The van der Waals surface area contributed by atoms with Gasteiger partial charge in [-0.05, 0) is 83.2 Å². The summed E-state index contributed by atoms with van der Waals surface area (Å²) >= 11 is 1.87. The molecule has 0 fully saturated rings. The van der Waals surface area contributed by atoms with Crippen LogP contribution < -0.4 is 4.90 Å². The van der Waals surface area contributed by atoms with Crippen molar-refractivity contribution in [2.45, 2.75) is 0 Å². The fraction of sp³-hybridized carbons (Fsp3) is 0. The number of rotatable bonds is 6. The fourth-order valence-electron chi connectivity index (χ4n) is 9.74. The molecule has 0 aliphatic rings. The van der Waals surface area contributed by atoms with Crippen molar-refractivity contribution in [3.8, 4) is 27.9 Å². The van der Waals surface area contributed by atoms with Crippen LogP contribution in [0.15, 0.2) is 223 Å². The highest BCUT2D eigenvalue weighted by Crippen LogP contribution is 2.47. The Hall–Kier alpha value is -7.92. The van der Waals surface area contributed by atoms with Gasteiger partial charge >= 0.3 is 0 Å². The molecule has 3 nitrogen and oxygen atoms in total. The Morgan fingerprint density at radius 1 is 0.403 bits per heavy atom. The van der Waals surface area contributed by atoms with Crippen molar-refractivity contribution >= 4 is 103 Å². The average molecular weight is 809 g/mol. The smallest absolute Gasteiger partial charge is 0.143 e. The number of hydrogen-bond acceptors (Lipinski definition) is 3. The second-order valence-electron chi connectivity index (χ2n) is 16.0. The molecule has 10 aromatic carbocycles. The van der Waals surface area contributed by atoms with E-state index >= 15 is 0 Å². The normalized spacial score (nSPS) is 11.9. The second-order valence-corrected chi connectivity index (χ2v) is 17.1. The van der Waals surface area contributed by atoms with Gasteiger partial charge in [0.25, 0.3) is 0 Å². The first-order valence-corrected chi connectivity index (χ1v) is 21.9. The molecule has 0 aliphatic heterocycles. The SMILES string of the molecule is c1ccc2c(N(c3ccc(-c4cccc5c4oc4ccccc45)cc3)c3cc(-c4ccc(-n5c6ccccc6c6ccccc65)cc4)c4sc5ccccc5c4c3)cccc2c1. The molecule has 0 N–H and O–H groups in total. The van der Waals surface area contributed by atoms with Gasteiger partial charge < -0.3 is 13.9 Å². The Morgan fingerprint density at radius 3 is 1.79 bits per heavy atom. The van der Waals surface area contributed by atoms with Gasteiger partial charge in [0.2, 0.25) is 0 Å². The monoisotopic (exact) mass is 808 g/mol. The zero-order valence-corrected chi connectivity index (χ0v) is 34.3. The van der Waals surface area contributed by atoms with E-state index in [0.29, 0.717) is 0 Å². The Labute approximate surface area is 361 Å². The van der Waals surface area contributed by atoms with Gasteiger partial charge in [-0.15, -0.1) is 11.3 Å². The van der Waals surface area contributed by atoms with E-state index in [9.17, 15) is 0 Å². The molecule has 0 saturated carbocycles. The van der Waals surface area contributed by atoms with E-state index in [1.165, 1.54) is 63.9 Å². The van der Waals surface area contributed by atoms with Gasteiger partial charge in [-0.25, -0.2) is 0 Å². The van der Waals surface area contributed by atoms with Gasteiger partial charge in [0, 0.05) is 75.3 Å². The molecule has 0 aliphatic carbocycles. The summed E-state index contributed by atoms with van der Waals surface area (Å²) in [5.41, 5.74) is 13.3. The molecule has 0 atom stereocenters. The first kappa shape index (κ1) is 34.9. The Morgan fingerprint density at radius 2 is 1.00 bits per heavy atom. The van der Waals surface area contributed by atoms with Crippen molar-refractivity contribution in [3.63, 3.8) is 0 Å². The molecule has 13 aromatic rings. The van der Waals surface area contributed by atoms with E-state index in [1.54, 1.807) is 0 Å². The van der Waals surface area contributed by atoms with Crippen molar-refractivity contribution in [3.05, 3.63) is 218 Å². The molecule has 290 valence electrons. The Kier molecular flexibility index (Phi) is 7.78. The minimum Gasteiger partial charge on any atom is -0.455 e. The highest BCUT2D eigenvalue weighted by Gasteiger charge is 2.21. The number of anilines is 3. The lowest BCUT2D eigenvalue weighted by Crippen LogP contribution is -2.10. The first-order chi connectivity index (χ1) is 30.7. The van der Waals surface area contributed by atoms with Crippen molar-refractivity contribution < 1.29 is 4.42 Å². The van der Waals surface area contributed by atoms with Crippen LogP contribution in [0.3, 0.4) is 0 Å². The van der Waals surface area contributed by atoms with Crippen molar-refractivity contribution in [1.82, 2.24) is 4.57 Å². The molecule has 0 unspecified atom stereocenters. The predicted molar refractivity (Wildman–Crippen MR) is 264 cm³/mol. The number of nitrogens with zero attached hydrogens (tertiary/aromatic N) is 2. The van der Waals surface area contributed by atoms with E-state index < -0.39 is 0 Å². The number of hydrogen-bond donors (Lipinski definition) is 0. The van der Waals surface area contributed by atoms with E-state index in [0.717, 1.165) is 55.8 Å². The molecular formula is C58H36N2OS. The molecular weight excluding hydrogens is 773 g/mol. The van der Waals surface area contributed by atoms with Crippen LogP contribution in [0.4, 0.5) is 17.1 Å². The minimum atomic E-state index is 0.905. The van der Waals surface area contributed by atoms with Gasteiger partial charge in [0.15, 0.2) is 0 Å². The number of thiophene rings is 1. The lowest BCUT2D eigenvalue weighted by atomic mass is 9.99. The summed E-state index contributed by atoms with van der Waals surface area (Å²) in [7, 11) is 0. The summed E-state index contributed by atoms with van der Waals surface area (Å²) in [5, 5.41) is 9.71. The maximum absolute atomic E-state index is 6.48. The lowest BCUT2D eigenvalue weighted by molar-refractivity contribution is 0.670. The number of para-hydroxylation sites is 4. The van der Waals surface area contributed by atoms with Gasteiger partial charge in [0.1, 0.15) is 11.2 Å². The van der Waals surface area contributed by atoms with Crippen LogP contribution in [0.2, 0.25) is 0 Å². The number of fused-ring (bicyclic) bond motifs is 10. The van der Waals surface area contributed by atoms with Crippen LogP contribution in [0.5, 0.6) is 0 Å². The van der Waals surface area contributed by atoms with Crippen LogP contribution in [-0.2, 0) is 0 Å². The van der Waals surface area contributed by atoms with Crippen molar-refractivity contribution in [2.75, 3.05) is 4.90 Å². The van der Waals surface area contributed by atoms with E-state index in [1.807, 2.05) is 23.5 Å². The molecule has 0 radical (unpaired) electrons. The molecule has 3 aromatic heterocycles. The quantitative estimate of drug-likeness (QED) is 0.167. The number of benzene rings is 10. The highest BCUT2D eigenvalue weighted by molar-refractivity contribution is 7.26. The van der Waals surface area contributed by atoms with Crippen molar-refractivity contribution in [1.29, 1.82) is 0 Å². The molecule has 0 amide bonds. The van der Waals surface area contributed by atoms with Gasteiger partial charge in [-0.2, -0.15) is 0 Å². The maximum atomic E-state index is 6.48. The standard InChI is InChI=1S/C58H36N2OS/c1-2-15-43-37(13-1)14-11-24-52(43)59(40-31-27-38(28-32-40)44-20-12-21-49-47-18-5-9-25-55(47)61-57(44)49)42-35-50(58-51(36-42)48-19-6-10-26-56(48)62-58)39-29-33-41(34-30-39)60-53-22-7-3-16-45(53)46-17-4-8-23-54(46)60/h1-36H. The maximum Gasteiger partial charge on any atom is 0.143 e. The van der Waals surface area contributed by atoms with Gasteiger partial charge in [-0.3, -0.25) is 0 Å². The summed E-state index contributed by atoms with van der Waals surface area (Å²) in [6.45, 7) is 0. The van der Waals surface area contributed by atoms with Crippen molar-refractivity contribution in [2.24, 2.45) is 0 Å². The topological polar surface area (TPSA) is 21.3 Å². The third kappa shape index (κ3) is 5.37. The number of furan rings is 1. The zero-order valence-electron chi connectivity index (χ0n) is 33.5. The zero-order chi connectivity index (χ0) is 40.7. The lowest BCUT2D eigenvalue weighted by Gasteiger charge is -2.28. The van der Waals surface area contributed by atoms with Crippen LogP contribution in [-0.4, -0.2) is 4.57 Å². The highest BCUT2D eigenvalue weighted by atomic mass is 32.1. The summed E-state index contributed by atoms with van der Waals surface area (Å²) in [6, 6.07) is 79.3. The van der Waals surface area contributed by atoms with Crippen LogP contribution in [0.1, 0.15) is 0 Å². The third-order valence-corrected chi connectivity index (χ3v) is 13.8. The number of aromatic nitrogens is 1. The Balaban J connectivity index is 1.00. The van der Waals surface area contributed by atoms with Gasteiger partial charge in [0.05, 0.1) is 16.7 Å². The largest absolute Gasteiger partial charge is 0.455 e. The minimum absolute atomic E-state index is 0.905. The van der Waals surface area contributed by atoms with Crippen LogP contribution in [0, 0.1) is 0 Å². The summed E-state index contributed by atoms with van der Waals surface area (Å²) in [6.07, 6.45) is 0. The molecule has 62 heavy (non-hydrogen) atoms. The summed E-state index contributed by atoms with van der Waals surface area (Å²) < 4.78 is 11.4. The second kappa shape index (κ2) is 13.8. The predicted octanol–water partition coefficient (Wildman–Crippen LogP) is 17.0. The average Bonchev–Trinajstić information content (AvgIpc) is 4.02. The molecule has 4 heteroatoms. The van der Waals surface area contributed by atoms with Gasteiger partial charge in [-0.1, -0.05) is 152 Å². The molecule has 0 bridgehead atoms. The molecule has 0 saturated heterocycles. The molecule has 3 heterocycles. The van der Waals surface area contributed by atoms with E-state index in [-0.39, 0.29) is 0 Å². The first-order valence-electron chi connectivity index (χ1n) is 21.1. The summed E-state index contributed by atoms with van der Waals surface area (Å²) in [5.74, 6) is 0. The summed E-state index contributed by atoms with van der Waals surface area (Å²) in [4.78, 5) is 2.44. The molecule has 13 rings (SSSR count). The van der Waals surface area contributed by atoms with E-state index in [2.05, 4.69) is 216 Å². The van der Waals surface area contributed by atoms with Crippen LogP contribution in [0.25, 0.3) is 103 Å². The fourth-order valence-corrected chi connectivity index (χ4v) is 11.0. The van der Waals surface area contributed by atoms with E-state index in [4.69, 9.17) is 4.42 Å². The molecule has 0 spiro atoms. The third-order valence-electron chi connectivity index (χ3n) is 12.6. The Bertz CT molecular complexity index is 3810.